The predicted molar refractivity (Wildman–Crippen MR) is 72.1 cm³/mol. The highest BCUT2D eigenvalue weighted by Crippen LogP contribution is 2.08. The van der Waals surface area contributed by atoms with E-state index in [1.165, 1.54) is 32.4 Å². The van der Waals surface area contributed by atoms with Crippen LogP contribution in [0.3, 0.4) is 0 Å². The Hall–Kier alpha value is 0.230. The zero-order valence-electron chi connectivity index (χ0n) is 10.6. The zero-order chi connectivity index (χ0) is 11.8. The van der Waals surface area contributed by atoms with Crippen molar-refractivity contribution in [1.29, 1.82) is 0 Å². The van der Waals surface area contributed by atoms with Crippen molar-refractivity contribution in [1.82, 2.24) is 10.2 Å². The summed E-state index contributed by atoms with van der Waals surface area (Å²) in [6.07, 6.45) is 5.71. The molecule has 0 radical (unpaired) electrons. The van der Waals surface area contributed by atoms with Crippen LogP contribution in [0, 0.1) is 0 Å². The van der Waals surface area contributed by atoms with Gasteiger partial charge in [-0.3, -0.25) is 0 Å². The standard InChI is InChI=1S/C12H26N2OS/c1-11(16-2)5-6-13-9-12(15)10-14-7-3-4-8-14/h11-13,15H,3-10H2,1-2H3. The maximum Gasteiger partial charge on any atom is 0.0791 e. The fourth-order valence-corrected chi connectivity index (χ4v) is 2.37. The van der Waals surface area contributed by atoms with Crippen LogP contribution in [0.1, 0.15) is 26.2 Å². The first-order chi connectivity index (χ1) is 7.72. The van der Waals surface area contributed by atoms with E-state index in [9.17, 15) is 5.11 Å². The van der Waals surface area contributed by atoms with Crippen molar-refractivity contribution in [2.75, 3.05) is 39.0 Å². The van der Waals surface area contributed by atoms with E-state index in [2.05, 4.69) is 23.4 Å². The highest BCUT2D eigenvalue weighted by Gasteiger charge is 2.15. The first kappa shape index (κ1) is 14.3. The van der Waals surface area contributed by atoms with Crippen LogP contribution >= 0.6 is 11.8 Å². The largest absolute Gasteiger partial charge is 0.390 e. The van der Waals surface area contributed by atoms with Gasteiger partial charge < -0.3 is 15.3 Å². The summed E-state index contributed by atoms with van der Waals surface area (Å²) < 4.78 is 0. The van der Waals surface area contributed by atoms with Crippen molar-refractivity contribution < 1.29 is 5.11 Å². The van der Waals surface area contributed by atoms with E-state index in [1.54, 1.807) is 0 Å². The summed E-state index contributed by atoms with van der Waals surface area (Å²) in [5.74, 6) is 0. The highest BCUT2D eigenvalue weighted by molar-refractivity contribution is 7.99. The Morgan fingerprint density at radius 2 is 2.06 bits per heavy atom. The summed E-state index contributed by atoms with van der Waals surface area (Å²) in [4.78, 5) is 2.36. The van der Waals surface area contributed by atoms with E-state index in [-0.39, 0.29) is 6.10 Å². The Morgan fingerprint density at radius 3 is 2.69 bits per heavy atom. The molecule has 0 aromatic heterocycles. The molecule has 0 aliphatic carbocycles. The molecule has 1 aliphatic rings. The SMILES string of the molecule is CSC(C)CCNCC(O)CN1CCCC1. The maximum absolute atomic E-state index is 9.82. The summed E-state index contributed by atoms with van der Waals surface area (Å²) in [6.45, 7) is 7.16. The number of nitrogens with one attached hydrogen (secondary N) is 1. The van der Waals surface area contributed by atoms with Gasteiger partial charge in [0, 0.05) is 18.3 Å². The van der Waals surface area contributed by atoms with Gasteiger partial charge in [-0.05, 0) is 45.2 Å². The molecule has 2 N–H and O–H groups in total. The van der Waals surface area contributed by atoms with Crippen molar-refractivity contribution in [3.05, 3.63) is 0 Å². The lowest BCUT2D eigenvalue weighted by molar-refractivity contribution is 0.123. The second-order valence-electron chi connectivity index (χ2n) is 4.70. The third kappa shape index (κ3) is 6.09. The molecule has 1 aliphatic heterocycles. The summed E-state index contributed by atoms with van der Waals surface area (Å²) >= 11 is 1.90. The molecule has 0 aromatic rings. The van der Waals surface area contributed by atoms with Crippen LogP contribution in [-0.2, 0) is 0 Å². The number of likely N-dealkylation sites (tertiary alicyclic amines) is 1. The van der Waals surface area contributed by atoms with Gasteiger partial charge in [-0.2, -0.15) is 11.8 Å². The van der Waals surface area contributed by atoms with Crippen LogP contribution in [0.25, 0.3) is 0 Å². The minimum atomic E-state index is -0.206. The normalized spacial score (nSPS) is 21.2. The second-order valence-corrected chi connectivity index (χ2v) is 5.98. The lowest BCUT2D eigenvalue weighted by Crippen LogP contribution is -2.37. The average Bonchev–Trinajstić information content (AvgIpc) is 2.76. The molecular formula is C12H26N2OS. The molecule has 2 unspecified atom stereocenters. The number of hydrogen-bond acceptors (Lipinski definition) is 4. The summed E-state index contributed by atoms with van der Waals surface area (Å²) in [5.41, 5.74) is 0. The van der Waals surface area contributed by atoms with Gasteiger partial charge in [0.15, 0.2) is 0 Å². The number of rotatable bonds is 8. The molecule has 1 rings (SSSR count). The van der Waals surface area contributed by atoms with E-state index in [4.69, 9.17) is 0 Å². The number of hydrogen-bond donors (Lipinski definition) is 2. The molecule has 96 valence electrons. The molecule has 0 spiro atoms. The van der Waals surface area contributed by atoms with Crippen molar-refractivity contribution in [3.63, 3.8) is 0 Å². The van der Waals surface area contributed by atoms with E-state index in [1.807, 2.05) is 11.8 Å². The topological polar surface area (TPSA) is 35.5 Å². The van der Waals surface area contributed by atoms with Gasteiger partial charge in [0.1, 0.15) is 0 Å². The number of nitrogens with zero attached hydrogens (tertiary/aromatic N) is 1. The van der Waals surface area contributed by atoms with Crippen molar-refractivity contribution in [3.8, 4) is 0 Å². The molecule has 2 atom stereocenters. The molecule has 4 heteroatoms. The zero-order valence-corrected chi connectivity index (χ0v) is 11.4. The number of thioether (sulfide) groups is 1. The average molecular weight is 246 g/mol. The lowest BCUT2D eigenvalue weighted by atomic mass is 10.3. The molecule has 3 nitrogen and oxygen atoms in total. The van der Waals surface area contributed by atoms with E-state index < -0.39 is 0 Å². The highest BCUT2D eigenvalue weighted by atomic mass is 32.2. The predicted octanol–water partition coefficient (Wildman–Crippen LogP) is 1.17. The Bertz CT molecular complexity index is 174. The van der Waals surface area contributed by atoms with Crippen LogP contribution in [0.5, 0.6) is 0 Å². The van der Waals surface area contributed by atoms with Crippen molar-refractivity contribution >= 4 is 11.8 Å². The van der Waals surface area contributed by atoms with Crippen LogP contribution in [0.15, 0.2) is 0 Å². The summed E-state index contributed by atoms with van der Waals surface area (Å²) in [5, 5.41) is 13.9. The minimum Gasteiger partial charge on any atom is -0.390 e. The van der Waals surface area contributed by atoms with E-state index >= 15 is 0 Å². The summed E-state index contributed by atoms with van der Waals surface area (Å²) in [7, 11) is 0. The molecule has 1 fully saturated rings. The van der Waals surface area contributed by atoms with Gasteiger partial charge in [0.05, 0.1) is 6.10 Å². The van der Waals surface area contributed by atoms with Crippen molar-refractivity contribution in [2.24, 2.45) is 0 Å². The number of β-amino-alcohol motifs (C(OH)–C–C–N with tert-alkyl or cyclic N) is 1. The van der Waals surface area contributed by atoms with Gasteiger partial charge in [-0.15, -0.1) is 0 Å². The Balaban J connectivity index is 1.95. The molecule has 0 bridgehead atoms. The molecular weight excluding hydrogens is 220 g/mol. The van der Waals surface area contributed by atoms with Crippen LogP contribution in [0.4, 0.5) is 0 Å². The third-order valence-corrected chi connectivity index (χ3v) is 4.22. The van der Waals surface area contributed by atoms with Gasteiger partial charge in [-0.1, -0.05) is 6.92 Å². The first-order valence-electron chi connectivity index (χ1n) is 6.36. The minimum absolute atomic E-state index is 0.206. The van der Waals surface area contributed by atoms with Gasteiger partial charge in [0.2, 0.25) is 0 Å². The van der Waals surface area contributed by atoms with E-state index in [0.717, 1.165) is 19.6 Å². The smallest absolute Gasteiger partial charge is 0.0791 e. The lowest BCUT2D eigenvalue weighted by Gasteiger charge is -2.19. The second kappa shape index (κ2) is 8.34. The molecule has 16 heavy (non-hydrogen) atoms. The molecule has 0 aromatic carbocycles. The first-order valence-corrected chi connectivity index (χ1v) is 7.65. The van der Waals surface area contributed by atoms with Crippen molar-refractivity contribution in [2.45, 2.75) is 37.5 Å². The fourth-order valence-electron chi connectivity index (χ4n) is 2.02. The molecule has 0 saturated carbocycles. The Labute approximate surface area is 104 Å². The molecule has 1 saturated heterocycles. The summed E-state index contributed by atoms with van der Waals surface area (Å²) in [6, 6.07) is 0. The maximum atomic E-state index is 9.82. The molecule has 0 amide bonds. The van der Waals surface area contributed by atoms with Crippen LogP contribution in [0.2, 0.25) is 0 Å². The number of aliphatic hydroxyl groups excluding tert-OH is 1. The molecule has 1 heterocycles. The van der Waals surface area contributed by atoms with Gasteiger partial charge >= 0.3 is 0 Å². The Morgan fingerprint density at radius 1 is 1.38 bits per heavy atom. The van der Waals surface area contributed by atoms with Crippen LogP contribution < -0.4 is 5.32 Å². The monoisotopic (exact) mass is 246 g/mol. The fraction of sp³-hybridized carbons (Fsp3) is 1.00. The van der Waals surface area contributed by atoms with Crippen LogP contribution in [-0.4, -0.2) is 60.3 Å². The third-order valence-electron chi connectivity index (χ3n) is 3.18. The van der Waals surface area contributed by atoms with E-state index in [0.29, 0.717) is 5.25 Å². The van der Waals surface area contributed by atoms with Gasteiger partial charge in [0.25, 0.3) is 0 Å². The van der Waals surface area contributed by atoms with Gasteiger partial charge in [-0.25, -0.2) is 0 Å². The Kier molecular flexibility index (Phi) is 7.45. The quantitative estimate of drug-likeness (QED) is 0.630. The number of aliphatic hydroxyl groups is 1.